The van der Waals surface area contributed by atoms with E-state index in [4.69, 9.17) is 0 Å². The minimum atomic E-state index is -3.80. The van der Waals surface area contributed by atoms with E-state index in [1.165, 1.54) is 6.07 Å². The number of sulfonamides is 1. The molecule has 2 aromatic carbocycles. The van der Waals surface area contributed by atoms with Crippen molar-refractivity contribution in [2.75, 3.05) is 22.7 Å². The van der Waals surface area contributed by atoms with Crippen molar-refractivity contribution in [3.63, 3.8) is 0 Å². The van der Waals surface area contributed by atoms with Crippen molar-refractivity contribution in [2.45, 2.75) is 44.9 Å². The lowest BCUT2D eigenvalue weighted by Crippen LogP contribution is -2.33. The summed E-state index contributed by atoms with van der Waals surface area (Å²) < 4.78 is 28.1. The number of nitrogens with zero attached hydrogens (tertiary/aromatic N) is 1. The minimum absolute atomic E-state index is 0.108. The molecule has 2 aromatic rings. The largest absolute Gasteiger partial charge is 0.478 e. The molecule has 0 unspecified atom stereocenters. The zero-order chi connectivity index (χ0) is 21.9. The lowest BCUT2D eigenvalue weighted by molar-refractivity contribution is 0.0697. The zero-order valence-electron chi connectivity index (χ0n) is 17.8. The molecule has 0 atom stereocenters. The fourth-order valence-corrected chi connectivity index (χ4v) is 4.84. The van der Waals surface area contributed by atoms with Gasteiger partial charge in [0.2, 0.25) is 0 Å². The van der Waals surface area contributed by atoms with Crippen molar-refractivity contribution in [3.05, 3.63) is 53.6 Å². The molecule has 162 valence electrons. The number of carboxylic acids is 1. The highest BCUT2D eigenvalue weighted by atomic mass is 32.2. The number of aromatic carboxylic acids is 1. The van der Waals surface area contributed by atoms with Crippen LogP contribution in [0.25, 0.3) is 0 Å². The van der Waals surface area contributed by atoms with Gasteiger partial charge in [0.25, 0.3) is 10.0 Å². The Labute approximate surface area is 179 Å². The molecule has 2 N–H and O–H groups in total. The molecule has 6 nitrogen and oxygen atoms in total. The molecule has 1 aliphatic rings. The Hall–Kier alpha value is -2.54. The number of nitrogens with one attached hydrogen (secondary N) is 1. The first kappa shape index (κ1) is 22.2. The van der Waals surface area contributed by atoms with Crippen LogP contribution in [0.15, 0.2) is 47.4 Å². The Kier molecular flexibility index (Phi) is 6.71. The molecule has 0 amide bonds. The summed E-state index contributed by atoms with van der Waals surface area (Å²) in [5.41, 5.74) is 2.07. The number of hydrogen-bond acceptors (Lipinski definition) is 4. The van der Waals surface area contributed by atoms with E-state index in [0.29, 0.717) is 17.5 Å². The number of hydrogen-bond donors (Lipinski definition) is 2. The Morgan fingerprint density at radius 3 is 2.33 bits per heavy atom. The van der Waals surface area contributed by atoms with E-state index >= 15 is 0 Å². The van der Waals surface area contributed by atoms with E-state index in [0.717, 1.165) is 37.9 Å². The van der Waals surface area contributed by atoms with Crippen molar-refractivity contribution in [3.8, 4) is 0 Å². The minimum Gasteiger partial charge on any atom is -0.478 e. The van der Waals surface area contributed by atoms with E-state index in [-0.39, 0.29) is 16.1 Å². The predicted octanol–water partition coefficient (Wildman–Crippen LogP) is 4.62. The van der Waals surface area contributed by atoms with Gasteiger partial charge in [0, 0.05) is 18.8 Å². The summed E-state index contributed by atoms with van der Waals surface area (Å²) >= 11 is 0. The molecule has 1 aliphatic heterocycles. The molecule has 30 heavy (non-hydrogen) atoms. The van der Waals surface area contributed by atoms with E-state index in [9.17, 15) is 18.3 Å². The van der Waals surface area contributed by atoms with Gasteiger partial charge in [-0.25, -0.2) is 13.2 Å². The van der Waals surface area contributed by atoms with Crippen LogP contribution < -0.4 is 9.62 Å². The second-order valence-corrected chi connectivity index (χ2v) is 10.2. The van der Waals surface area contributed by atoms with Crippen LogP contribution in [0.5, 0.6) is 0 Å². The lowest BCUT2D eigenvalue weighted by Gasteiger charge is -2.33. The van der Waals surface area contributed by atoms with Crippen LogP contribution in [-0.4, -0.2) is 32.6 Å². The number of rotatable bonds is 7. The molecule has 0 aromatic heterocycles. The van der Waals surface area contributed by atoms with Gasteiger partial charge in [-0.15, -0.1) is 0 Å². The van der Waals surface area contributed by atoms with Gasteiger partial charge in [-0.1, -0.05) is 32.9 Å². The Balaban J connectivity index is 1.82. The quantitative estimate of drug-likeness (QED) is 0.669. The number of carboxylic acid groups (broad SMARTS) is 1. The summed E-state index contributed by atoms with van der Waals surface area (Å²) in [7, 11) is -3.80. The second-order valence-electron chi connectivity index (χ2n) is 8.55. The monoisotopic (exact) mass is 430 g/mol. The topological polar surface area (TPSA) is 86.7 Å². The maximum absolute atomic E-state index is 12.8. The molecule has 7 heteroatoms. The molecular weight excluding hydrogens is 400 g/mol. The SMILES string of the molecule is CC(C)Cc1ccc(S(=O)(=O)Nc2ccc(N3CCC(C)CC3)c(C(=O)O)c2)cc1. The predicted molar refractivity (Wildman–Crippen MR) is 120 cm³/mol. The normalized spacial score (nSPS) is 15.4. The second kappa shape index (κ2) is 9.08. The van der Waals surface area contributed by atoms with Gasteiger partial charge in [-0.3, -0.25) is 4.72 Å². The van der Waals surface area contributed by atoms with Crippen LogP contribution in [0.2, 0.25) is 0 Å². The van der Waals surface area contributed by atoms with Crippen molar-refractivity contribution in [1.82, 2.24) is 0 Å². The third-order valence-electron chi connectivity index (χ3n) is 5.48. The summed E-state index contributed by atoms with van der Waals surface area (Å²) in [5.74, 6) is 0.0527. The molecule has 0 bridgehead atoms. The Bertz CT molecular complexity index is 992. The summed E-state index contributed by atoms with van der Waals surface area (Å²) in [5, 5.41) is 9.69. The smallest absolute Gasteiger partial charge is 0.337 e. The van der Waals surface area contributed by atoms with Crippen LogP contribution in [-0.2, 0) is 16.4 Å². The van der Waals surface area contributed by atoms with E-state index in [1.807, 2.05) is 12.1 Å². The first-order chi connectivity index (χ1) is 14.2. The highest BCUT2D eigenvalue weighted by molar-refractivity contribution is 7.92. The Morgan fingerprint density at radius 1 is 1.13 bits per heavy atom. The maximum Gasteiger partial charge on any atom is 0.337 e. The van der Waals surface area contributed by atoms with Crippen LogP contribution in [0.3, 0.4) is 0 Å². The van der Waals surface area contributed by atoms with Gasteiger partial charge < -0.3 is 10.0 Å². The fourth-order valence-electron chi connectivity index (χ4n) is 3.79. The maximum atomic E-state index is 12.8. The van der Waals surface area contributed by atoms with Crippen LogP contribution in [0.4, 0.5) is 11.4 Å². The molecule has 1 heterocycles. The summed E-state index contributed by atoms with van der Waals surface area (Å²) in [6, 6.07) is 11.5. The van der Waals surface area contributed by atoms with Gasteiger partial charge in [0.1, 0.15) is 0 Å². The summed E-state index contributed by atoms with van der Waals surface area (Å²) in [6.07, 6.45) is 2.91. The van der Waals surface area contributed by atoms with Gasteiger partial charge >= 0.3 is 5.97 Å². The van der Waals surface area contributed by atoms with Crippen molar-refractivity contribution >= 4 is 27.4 Å². The average molecular weight is 431 g/mol. The third kappa shape index (κ3) is 5.33. The molecule has 3 rings (SSSR count). The molecule has 0 saturated carbocycles. The molecule has 1 saturated heterocycles. The van der Waals surface area contributed by atoms with E-state index in [1.54, 1.807) is 24.3 Å². The van der Waals surface area contributed by atoms with Crippen molar-refractivity contribution in [2.24, 2.45) is 11.8 Å². The summed E-state index contributed by atoms with van der Waals surface area (Å²) in [4.78, 5) is 14.1. The highest BCUT2D eigenvalue weighted by Crippen LogP contribution is 2.29. The van der Waals surface area contributed by atoms with Gasteiger partial charge in [0.05, 0.1) is 16.1 Å². The lowest BCUT2D eigenvalue weighted by atomic mass is 9.98. The Morgan fingerprint density at radius 2 is 1.77 bits per heavy atom. The standard InChI is InChI=1S/C23H30N2O4S/c1-16(2)14-18-4-7-20(8-5-18)30(28,29)24-19-6-9-22(21(15-19)23(26)27)25-12-10-17(3)11-13-25/h4-9,15-17,24H,10-14H2,1-3H3,(H,26,27). The first-order valence-corrected chi connectivity index (χ1v) is 11.9. The van der Waals surface area contributed by atoms with Crippen molar-refractivity contribution < 1.29 is 18.3 Å². The highest BCUT2D eigenvalue weighted by Gasteiger charge is 2.22. The number of carbonyl (C=O) groups is 1. The third-order valence-corrected chi connectivity index (χ3v) is 6.88. The van der Waals surface area contributed by atoms with Crippen LogP contribution >= 0.6 is 0 Å². The van der Waals surface area contributed by atoms with Crippen LogP contribution in [0.1, 0.15) is 49.5 Å². The van der Waals surface area contributed by atoms with Gasteiger partial charge in [-0.05, 0) is 67.0 Å². The molecule has 0 spiro atoms. The molecule has 0 aliphatic carbocycles. The fraction of sp³-hybridized carbons (Fsp3) is 0.435. The summed E-state index contributed by atoms with van der Waals surface area (Å²) in [6.45, 7) is 8.02. The van der Waals surface area contributed by atoms with E-state index < -0.39 is 16.0 Å². The molecule has 1 fully saturated rings. The average Bonchev–Trinajstić information content (AvgIpc) is 2.68. The van der Waals surface area contributed by atoms with Gasteiger partial charge in [-0.2, -0.15) is 0 Å². The van der Waals surface area contributed by atoms with Crippen LogP contribution in [0, 0.1) is 11.8 Å². The first-order valence-electron chi connectivity index (χ1n) is 10.4. The molecular formula is C23H30N2O4S. The number of piperidine rings is 1. The number of benzene rings is 2. The van der Waals surface area contributed by atoms with E-state index in [2.05, 4.69) is 30.4 Å². The van der Waals surface area contributed by atoms with Gasteiger partial charge in [0.15, 0.2) is 0 Å². The zero-order valence-corrected chi connectivity index (χ0v) is 18.6. The number of anilines is 2. The molecule has 0 radical (unpaired) electrons. The van der Waals surface area contributed by atoms with Crippen molar-refractivity contribution in [1.29, 1.82) is 0 Å².